The van der Waals surface area contributed by atoms with E-state index in [0.717, 1.165) is 37.3 Å². The summed E-state index contributed by atoms with van der Waals surface area (Å²) in [5.41, 5.74) is 1.21. The number of para-hydroxylation sites is 2. The fourth-order valence-corrected chi connectivity index (χ4v) is 4.28. The number of fused-ring (bicyclic) bond motifs is 1. The van der Waals surface area contributed by atoms with Gasteiger partial charge in [-0.25, -0.2) is 0 Å². The van der Waals surface area contributed by atoms with E-state index in [0.29, 0.717) is 50.5 Å². The molecule has 2 aromatic carbocycles. The predicted octanol–water partition coefficient (Wildman–Crippen LogP) is 1.77. The largest absolute Gasteiger partial charge is 0.493 e. The van der Waals surface area contributed by atoms with Crippen LogP contribution in [0.2, 0.25) is 0 Å². The van der Waals surface area contributed by atoms with Gasteiger partial charge >= 0.3 is 0 Å². The summed E-state index contributed by atoms with van der Waals surface area (Å²) in [5, 5.41) is 2.98. The molecular formula is C24H31N2O5+. The van der Waals surface area contributed by atoms with E-state index in [1.807, 2.05) is 30.3 Å². The van der Waals surface area contributed by atoms with Gasteiger partial charge in [0.1, 0.15) is 12.6 Å². The minimum absolute atomic E-state index is 0.0415. The van der Waals surface area contributed by atoms with Gasteiger partial charge in [-0.3, -0.25) is 4.79 Å². The number of nitrogens with one attached hydrogen (secondary N) is 2. The van der Waals surface area contributed by atoms with Crippen molar-refractivity contribution in [3.63, 3.8) is 0 Å². The van der Waals surface area contributed by atoms with E-state index >= 15 is 0 Å². The number of carbonyl (C=O) groups excluding carboxylic acids is 1. The van der Waals surface area contributed by atoms with Gasteiger partial charge in [-0.1, -0.05) is 12.1 Å². The fourth-order valence-electron chi connectivity index (χ4n) is 4.28. The van der Waals surface area contributed by atoms with Crippen molar-refractivity contribution < 1.29 is 28.6 Å². The number of likely N-dealkylation sites (tertiary alicyclic amines) is 1. The van der Waals surface area contributed by atoms with Crippen LogP contribution in [0.4, 0.5) is 0 Å². The predicted molar refractivity (Wildman–Crippen MR) is 116 cm³/mol. The first-order chi connectivity index (χ1) is 15.2. The molecule has 0 saturated carbocycles. The SMILES string of the molecule is COc1ccccc1OCCNC(=O)C[NH+]1CCC[C@H]1c1ccc2c(c1)OCCCO2. The summed E-state index contributed by atoms with van der Waals surface area (Å²) in [6, 6.07) is 14.0. The Kier molecular flexibility index (Phi) is 7.14. The van der Waals surface area contributed by atoms with Crippen molar-refractivity contribution in [3.05, 3.63) is 48.0 Å². The van der Waals surface area contributed by atoms with Crippen LogP contribution in [0, 0.1) is 0 Å². The number of benzene rings is 2. The standard InChI is InChI=1S/C24H30N2O5/c1-28-20-7-2-3-8-21(20)31-15-11-25-24(27)17-26-12-4-6-19(26)18-9-10-22-23(16-18)30-14-5-13-29-22/h2-3,7-10,16,19H,4-6,11-15,17H2,1H3,(H,25,27)/p+1/t19-/m0/s1. The molecule has 2 aliphatic rings. The van der Waals surface area contributed by atoms with E-state index in [4.69, 9.17) is 18.9 Å². The summed E-state index contributed by atoms with van der Waals surface area (Å²) >= 11 is 0. The topological polar surface area (TPSA) is 70.5 Å². The molecule has 1 amide bonds. The number of methoxy groups -OCH3 is 1. The van der Waals surface area contributed by atoms with Crippen LogP contribution in [0.3, 0.4) is 0 Å². The molecule has 31 heavy (non-hydrogen) atoms. The summed E-state index contributed by atoms with van der Waals surface area (Å²) in [5.74, 6) is 3.04. The second-order valence-corrected chi connectivity index (χ2v) is 7.89. The van der Waals surface area contributed by atoms with Gasteiger partial charge in [0.15, 0.2) is 29.5 Å². The number of ether oxygens (including phenoxy) is 4. The highest BCUT2D eigenvalue weighted by molar-refractivity contribution is 5.76. The Labute approximate surface area is 183 Å². The Balaban J connectivity index is 1.27. The van der Waals surface area contributed by atoms with Gasteiger partial charge < -0.3 is 29.2 Å². The molecule has 1 saturated heterocycles. The molecule has 0 aliphatic carbocycles. The Morgan fingerprint density at radius 3 is 2.74 bits per heavy atom. The van der Waals surface area contributed by atoms with Crippen LogP contribution in [0.25, 0.3) is 0 Å². The highest BCUT2D eigenvalue weighted by atomic mass is 16.5. The molecule has 166 valence electrons. The van der Waals surface area contributed by atoms with E-state index < -0.39 is 0 Å². The zero-order chi connectivity index (χ0) is 21.5. The maximum atomic E-state index is 12.5. The van der Waals surface area contributed by atoms with Crippen molar-refractivity contribution in [3.8, 4) is 23.0 Å². The summed E-state index contributed by atoms with van der Waals surface area (Å²) < 4.78 is 22.6. The fraction of sp³-hybridized carbons (Fsp3) is 0.458. The lowest BCUT2D eigenvalue weighted by atomic mass is 10.0. The van der Waals surface area contributed by atoms with Crippen LogP contribution in [0.1, 0.15) is 30.9 Å². The number of rotatable bonds is 8. The molecule has 2 aliphatic heterocycles. The average molecular weight is 428 g/mol. The minimum atomic E-state index is 0.0415. The normalized spacial score (nSPS) is 20.0. The number of quaternary nitrogens is 1. The summed E-state index contributed by atoms with van der Waals surface area (Å²) in [6.07, 6.45) is 3.07. The highest BCUT2D eigenvalue weighted by Gasteiger charge is 2.32. The monoisotopic (exact) mass is 427 g/mol. The number of carbonyl (C=O) groups is 1. The van der Waals surface area contributed by atoms with Gasteiger partial charge in [-0.15, -0.1) is 0 Å². The molecule has 0 bridgehead atoms. The molecule has 0 spiro atoms. The molecule has 4 rings (SSSR count). The number of hydrogen-bond acceptors (Lipinski definition) is 5. The van der Waals surface area contributed by atoms with Gasteiger partial charge in [0.2, 0.25) is 0 Å². The quantitative estimate of drug-likeness (QED) is 0.629. The van der Waals surface area contributed by atoms with Crippen LogP contribution < -0.4 is 29.2 Å². The van der Waals surface area contributed by atoms with Crippen molar-refractivity contribution in [2.45, 2.75) is 25.3 Å². The van der Waals surface area contributed by atoms with E-state index in [9.17, 15) is 4.79 Å². The lowest BCUT2D eigenvalue weighted by Gasteiger charge is -2.22. The van der Waals surface area contributed by atoms with Crippen molar-refractivity contribution in [1.29, 1.82) is 0 Å². The molecule has 0 aromatic heterocycles. The molecule has 1 unspecified atom stereocenters. The minimum Gasteiger partial charge on any atom is -0.493 e. The van der Waals surface area contributed by atoms with Crippen LogP contribution >= 0.6 is 0 Å². The van der Waals surface area contributed by atoms with Crippen molar-refractivity contribution in [2.24, 2.45) is 0 Å². The van der Waals surface area contributed by atoms with Crippen LogP contribution in [0.15, 0.2) is 42.5 Å². The first kappa shape index (κ1) is 21.3. The third-order valence-electron chi connectivity index (χ3n) is 5.80. The van der Waals surface area contributed by atoms with E-state index in [-0.39, 0.29) is 5.91 Å². The van der Waals surface area contributed by atoms with Crippen LogP contribution in [0.5, 0.6) is 23.0 Å². The molecular weight excluding hydrogens is 396 g/mol. The van der Waals surface area contributed by atoms with E-state index in [1.165, 1.54) is 10.5 Å². The summed E-state index contributed by atoms with van der Waals surface area (Å²) in [4.78, 5) is 13.8. The average Bonchev–Trinajstić information content (AvgIpc) is 3.12. The zero-order valence-corrected chi connectivity index (χ0v) is 18.0. The smallest absolute Gasteiger partial charge is 0.275 e. The van der Waals surface area contributed by atoms with Gasteiger partial charge in [0.05, 0.1) is 33.4 Å². The van der Waals surface area contributed by atoms with Gasteiger partial charge in [-0.05, 0) is 30.3 Å². The second-order valence-electron chi connectivity index (χ2n) is 7.89. The first-order valence-corrected chi connectivity index (χ1v) is 11.0. The molecule has 7 nitrogen and oxygen atoms in total. The van der Waals surface area contributed by atoms with Crippen LogP contribution in [-0.4, -0.2) is 52.5 Å². The Hall–Kier alpha value is -2.93. The molecule has 7 heteroatoms. The third kappa shape index (κ3) is 5.41. The van der Waals surface area contributed by atoms with E-state index in [1.54, 1.807) is 7.11 Å². The molecule has 2 atom stereocenters. The lowest BCUT2D eigenvalue weighted by Crippen LogP contribution is -3.11. The summed E-state index contributed by atoms with van der Waals surface area (Å²) in [6.45, 7) is 3.66. The molecule has 2 N–H and O–H groups in total. The number of hydrogen-bond donors (Lipinski definition) is 2. The van der Waals surface area contributed by atoms with Crippen molar-refractivity contribution in [1.82, 2.24) is 5.32 Å². The second kappa shape index (κ2) is 10.4. The van der Waals surface area contributed by atoms with Crippen molar-refractivity contribution >= 4 is 5.91 Å². The summed E-state index contributed by atoms with van der Waals surface area (Å²) in [7, 11) is 1.61. The maximum absolute atomic E-state index is 12.5. The zero-order valence-electron chi connectivity index (χ0n) is 18.0. The Morgan fingerprint density at radius 1 is 1.10 bits per heavy atom. The van der Waals surface area contributed by atoms with Crippen LogP contribution in [-0.2, 0) is 4.79 Å². The molecule has 1 fully saturated rings. The maximum Gasteiger partial charge on any atom is 0.275 e. The molecule has 2 heterocycles. The Bertz CT molecular complexity index is 888. The van der Waals surface area contributed by atoms with E-state index in [2.05, 4.69) is 17.4 Å². The third-order valence-corrected chi connectivity index (χ3v) is 5.80. The first-order valence-electron chi connectivity index (χ1n) is 11.0. The number of amides is 1. The lowest BCUT2D eigenvalue weighted by molar-refractivity contribution is -0.910. The molecule has 0 radical (unpaired) electrons. The van der Waals surface area contributed by atoms with Crippen molar-refractivity contribution in [2.75, 3.05) is 46.6 Å². The van der Waals surface area contributed by atoms with Gasteiger partial charge in [0, 0.05) is 24.8 Å². The van der Waals surface area contributed by atoms with Gasteiger partial charge in [-0.2, -0.15) is 0 Å². The Morgan fingerprint density at radius 2 is 1.90 bits per heavy atom. The molecule has 2 aromatic rings. The van der Waals surface area contributed by atoms with Gasteiger partial charge in [0.25, 0.3) is 5.91 Å². The highest BCUT2D eigenvalue weighted by Crippen LogP contribution is 2.33.